The van der Waals surface area contributed by atoms with E-state index in [-0.39, 0.29) is 23.3 Å². The predicted octanol–water partition coefficient (Wildman–Crippen LogP) is 2.49. The van der Waals surface area contributed by atoms with Crippen molar-refractivity contribution in [2.24, 2.45) is 23.0 Å². The van der Waals surface area contributed by atoms with Gasteiger partial charge in [-0.05, 0) is 17.3 Å². The molecule has 0 fully saturated rings. The number of hydrogen-bond acceptors (Lipinski definition) is 2. The van der Waals surface area contributed by atoms with E-state index in [4.69, 9.17) is 18.0 Å². The molecule has 0 saturated heterocycles. The van der Waals surface area contributed by atoms with Crippen molar-refractivity contribution in [3.05, 3.63) is 0 Å². The summed E-state index contributed by atoms with van der Waals surface area (Å²) in [6.07, 6.45) is 0.509. The van der Waals surface area contributed by atoms with Gasteiger partial charge in [0.2, 0.25) is 5.91 Å². The van der Waals surface area contributed by atoms with Gasteiger partial charge in [0, 0.05) is 6.42 Å². The van der Waals surface area contributed by atoms with Crippen LogP contribution in [-0.2, 0) is 4.79 Å². The lowest BCUT2D eigenvalue weighted by Crippen LogP contribution is -2.47. The first-order valence-electron chi connectivity index (χ1n) is 6.14. The Morgan fingerprint density at radius 1 is 1.29 bits per heavy atom. The van der Waals surface area contributed by atoms with E-state index < -0.39 is 0 Å². The highest BCUT2D eigenvalue weighted by Crippen LogP contribution is 2.27. The van der Waals surface area contributed by atoms with Crippen LogP contribution in [0, 0.1) is 17.3 Å². The molecule has 0 bridgehead atoms. The molecule has 0 aromatic rings. The van der Waals surface area contributed by atoms with Gasteiger partial charge in [-0.3, -0.25) is 4.79 Å². The van der Waals surface area contributed by atoms with E-state index in [0.717, 1.165) is 0 Å². The molecule has 4 heteroatoms. The Morgan fingerprint density at radius 2 is 1.76 bits per heavy atom. The van der Waals surface area contributed by atoms with Crippen LogP contribution in [0.3, 0.4) is 0 Å². The lowest BCUT2D eigenvalue weighted by atomic mass is 9.80. The third-order valence-corrected chi connectivity index (χ3v) is 3.51. The summed E-state index contributed by atoms with van der Waals surface area (Å²) in [4.78, 5) is 12.3. The second-order valence-corrected chi connectivity index (χ2v) is 6.63. The Kier molecular flexibility index (Phi) is 6.10. The van der Waals surface area contributed by atoms with Crippen molar-refractivity contribution in [3.8, 4) is 0 Å². The second kappa shape index (κ2) is 6.34. The lowest BCUT2D eigenvalue weighted by Gasteiger charge is -2.28. The summed E-state index contributed by atoms with van der Waals surface area (Å²) in [5.74, 6) is 0.571. The van der Waals surface area contributed by atoms with Crippen molar-refractivity contribution in [3.63, 3.8) is 0 Å². The minimum Gasteiger partial charge on any atom is -0.392 e. The molecule has 17 heavy (non-hydrogen) atoms. The van der Waals surface area contributed by atoms with Gasteiger partial charge in [0.1, 0.15) is 0 Å². The summed E-state index contributed by atoms with van der Waals surface area (Å²) in [5.41, 5.74) is 5.75. The number of amides is 1. The predicted molar refractivity (Wildman–Crippen MR) is 76.8 cm³/mol. The Bertz CT molecular complexity index is 282. The number of nitrogens with one attached hydrogen (secondary N) is 1. The number of rotatable bonds is 5. The monoisotopic (exact) mass is 258 g/mol. The zero-order valence-corrected chi connectivity index (χ0v) is 12.6. The van der Waals surface area contributed by atoms with E-state index in [1.165, 1.54) is 0 Å². The molecule has 0 aliphatic carbocycles. The maximum absolute atomic E-state index is 11.9. The topological polar surface area (TPSA) is 55.1 Å². The average molecular weight is 258 g/mol. The molecule has 0 aliphatic rings. The average Bonchev–Trinajstić information content (AvgIpc) is 2.11. The summed E-state index contributed by atoms with van der Waals surface area (Å²) in [7, 11) is 0. The number of carbonyl (C=O) groups excluding carboxylic acids is 1. The second-order valence-electron chi connectivity index (χ2n) is 6.16. The van der Waals surface area contributed by atoms with Crippen LogP contribution in [0.25, 0.3) is 0 Å². The van der Waals surface area contributed by atoms with Crippen molar-refractivity contribution in [2.45, 2.75) is 54.0 Å². The SMILES string of the molecule is CC(C)C(NC(=O)CC(C)C(C)(C)C)C(N)=S. The first kappa shape index (κ1) is 16.4. The largest absolute Gasteiger partial charge is 0.392 e. The van der Waals surface area contributed by atoms with Gasteiger partial charge in [-0.15, -0.1) is 0 Å². The van der Waals surface area contributed by atoms with Crippen molar-refractivity contribution in [1.29, 1.82) is 0 Å². The molecule has 2 atom stereocenters. The first-order chi connectivity index (χ1) is 7.55. The van der Waals surface area contributed by atoms with E-state index in [2.05, 4.69) is 33.0 Å². The molecular weight excluding hydrogens is 232 g/mol. The summed E-state index contributed by atoms with van der Waals surface area (Å²) in [5, 5.41) is 2.91. The summed E-state index contributed by atoms with van der Waals surface area (Å²) in [6, 6.07) is -0.204. The van der Waals surface area contributed by atoms with Gasteiger partial charge in [-0.1, -0.05) is 53.8 Å². The van der Waals surface area contributed by atoms with E-state index in [9.17, 15) is 4.79 Å². The number of nitrogens with two attached hydrogens (primary N) is 1. The molecule has 3 nitrogen and oxygen atoms in total. The Labute approximate surface area is 111 Å². The molecule has 0 aromatic carbocycles. The summed E-state index contributed by atoms with van der Waals surface area (Å²) < 4.78 is 0. The smallest absolute Gasteiger partial charge is 0.220 e. The molecule has 0 heterocycles. The molecule has 1 amide bonds. The fraction of sp³-hybridized carbons (Fsp3) is 0.846. The minimum atomic E-state index is -0.204. The van der Waals surface area contributed by atoms with Crippen molar-refractivity contribution < 1.29 is 4.79 Å². The van der Waals surface area contributed by atoms with Crippen LogP contribution in [0.5, 0.6) is 0 Å². The Hall–Kier alpha value is -0.640. The zero-order valence-electron chi connectivity index (χ0n) is 11.8. The van der Waals surface area contributed by atoms with Crippen LogP contribution in [-0.4, -0.2) is 16.9 Å². The fourth-order valence-corrected chi connectivity index (χ4v) is 1.71. The maximum Gasteiger partial charge on any atom is 0.220 e. The molecular formula is C13H26N2OS. The Balaban J connectivity index is 4.40. The third-order valence-electron chi connectivity index (χ3n) is 3.26. The first-order valence-corrected chi connectivity index (χ1v) is 6.55. The van der Waals surface area contributed by atoms with Crippen molar-refractivity contribution in [1.82, 2.24) is 5.32 Å². The summed E-state index contributed by atoms with van der Waals surface area (Å²) in [6.45, 7) is 12.5. The van der Waals surface area contributed by atoms with Crippen molar-refractivity contribution >= 4 is 23.1 Å². The van der Waals surface area contributed by atoms with Gasteiger partial charge in [0.15, 0.2) is 0 Å². The summed E-state index contributed by atoms with van der Waals surface area (Å²) >= 11 is 4.96. The molecule has 100 valence electrons. The molecule has 3 N–H and O–H groups in total. The molecule has 2 unspecified atom stereocenters. The van der Waals surface area contributed by atoms with Crippen LogP contribution in [0.15, 0.2) is 0 Å². The van der Waals surface area contributed by atoms with Gasteiger partial charge in [-0.2, -0.15) is 0 Å². The van der Waals surface area contributed by atoms with E-state index in [1.54, 1.807) is 0 Å². The molecule has 0 saturated carbocycles. The normalized spacial score (nSPS) is 15.5. The minimum absolute atomic E-state index is 0.0268. The third kappa shape index (κ3) is 6.01. The molecule has 0 rings (SSSR count). The fourth-order valence-electron chi connectivity index (χ4n) is 1.38. The van der Waals surface area contributed by atoms with Crippen LogP contribution in [0.4, 0.5) is 0 Å². The van der Waals surface area contributed by atoms with Gasteiger partial charge >= 0.3 is 0 Å². The molecule has 0 radical (unpaired) electrons. The lowest BCUT2D eigenvalue weighted by molar-refractivity contribution is -0.123. The van der Waals surface area contributed by atoms with E-state index in [1.807, 2.05) is 13.8 Å². The van der Waals surface area contributed by atoms with E-state index >= 15 is 0 Å². The highest BCUT2D eigenvalue weighted by molar-refractivity contribution is 7.80. The number of hydrogen-bond donors (Lipinski definition) is 2. The molecule has 0 aromatic heterocycles. The van der Waals surface area contributed by atoms with Gasteiger partial charge in [-0.25, -0.2) is 0 Å². The van der Waals surface area contributed by atoms with Crippen LogP contribution >= 0.6 is 12.2 Å². The van der Waals surface area contributed by atoms with Gasteiger partial charge in [0.25, 0.3) is 0 Å². The molecule has 0 aliphatic heterocycles. The standard InChI is InChI=1S/C13H26N2OS/c1-8(2)11(12(14)17)15-10(16)7-9(3)13(4,5)6/h8-9,11H,7H2,1-6H3,(H2,14,17)(H,15,16). The van der Waals surface area contributed by atoms with Crippen LogP contribution in [0.1, 0.15) is 48.0 Å². The zero-order chi connectivity index (χ0) is 13.8. The highest BCUT2D eigenvalue weighted by atomic mass is 32.1. The van der Waals surface area contributed by atoms with Crippen LogP contribution < -0.4 is 11.1 Å². The maximum atomic E-state index is 11.9. The quantitative estimate of drug-likeness (QED) is 0.745. The van der Waals surface area contributed by atoms with E-state index in [0.29, 0.717) is 17.3 Å². The van der Waals surface area contributed by atoms with Gasteiger partial charge < -0.3 is 11.1 Å². The van der Waals surface area contributed by atoms with Gasteiger partial charge in [0.05, 0.1) is 11.0 Å². The number of thiocarbonyl (C=S) groups is 1. The highest BCUT2D eigenvalue weighted by Gasteiger charge is 2.25. The Morgan fingerprint density at radius 3 is 2.06 bits per heavy atom. The molecule has 0 spiro atoms. The number of carbonyl (C=O) groups is 1. The van der Waals surface area contributed by atoms with Crippen LogP contribution in [0.2, 0.25) is 0 Å². The van der Waals surface area contributed by atoms with Crippen molar-refractivity contribution in [2.75, 3.05) is 0 Å².